The van der Waals surface area contributed by atoms with Crippen molar-refractivity contribution < 1.29 is 0 Å². The predicted molar refractivity (Wildman–Crippen MR) is 136 cm³/mol. The summed E-state index contributed by atoms with van der Waals surface area (Å²) in [5.41, 5.74) is 2.92. The Labute approximate surface area is 189 Å². The van der Waals surface area contributed by atoms with Gasteiger partial charge in [-0.1, -0.05) is 103 Å². The molecule has 0 amide bonds. The molecule has 0 spiro atoms. The molecule has 0 aliphatic heterocycles. The van der Waals surface area contributed by atoms with Gasteiger partial charge in [-0.2, -0.15) is 0 Å². The SMILES string of the molecule is CCCCCCC(CCCCCC)CNCCc1ccc(CCNCCCC)cc1. The molecule has 0 heterocycles. The molecule has 0 unspecified atom stereocenters. The molecule has 30 heavy (non-hydrogen) atoms. The Bertz CT molecular complexity index is 456. The fraction of sp³-hybridized carbons (Fsp3) is 0.786. The van der Waals surface area contributed by atoms with Gasteiger partial charge < -0.3 is 10.6 Å². The van der Waals surface area contributed by atoms with Crippen molar-refractivity contribution in [2.45, 2.75) is 111 Å². The van der Waals surface area contributed by atoms with E-state index < -0.39 is 0 Å². The van der Waals surface area contributed by atoms with Crippen LogP contribution in [0.3, 0.4) is 0 Å². The molecule has 2 N–H and O–H groups in total. The van der Waals surface area contributed by atoms with Gasteiger partial charge in [-0.3, -0.25) is 0 Å². The van der Waals surface area contributed by atoms with E-state index in [0.29, 0.717) is 0 Å². The van der Waals surface area contributed by atoms with Crippen LogP contribution in [0.4, 0.5) is 0 Å². The molecule has 0 saturated carbocycles. The van der Waals surface area contributed by atoms with E-state index in [0.717, 1.165) is 38.4 Å². The third-order valence-corrected chi connectivity index (χ3v) is 6.28. The molecule has 1 aromatic rings. The summed E-state index contributed by atoms with van der Waals surface area (Å²) in [4.78, 5) is 0. The number of hydrogen-bond acceptors (Lipinski definition) is 2. The molecular weight excluding hydrogens is 364 g/mol. The minimum absolute atomic E-state index is 0.876. The molecule has 0 fully saturated rings. The maximum atomic E-state index is 3.77. The molecular formula is C28H52N2. The third kappa shape index (κ3) is 15.0. The van der Waals surface area contributed by atoms with E-state index in [-0.39, 0.29) is 0 Å². The van der Waals surface area contributed by atoms with Gasteiger partial charge in [0.1, 0.15) is 0 Å². The van der Waals surface area contributed by atoms with Crippen LogP contribution in [-0.4, -0.2) is 26.2 Å². The van der Waals surface area contributed by atoms with Crippen molar-refractivity contribution >= 4 is 0 Å². The van der Waals surface area contributed by atoms with Crippen LogP contribution < -0.4 is 10.6 Å². The van der Waals surface area contributed by atoms with Crippen LogP contribution in [0, 0.1) is 5.92 Å². The number of rotatable bonds is 21. The lowest BCUT2D eigenvalue weighted by molar-refractivity contribution is 0.385. The van der Waals surface area contributed by atoms with E-state index >= 15 is 0 Å². The Balaban J connectivity index is 2.22. The fourth-order valence-electron chi connectivity index (χ4n) is 4.14. The topological polar surface area (TPSA) is 24.1 Å². The van der Waals surface area contributed by atoms with E-state index in [1.54, 1.807) is 0 Å². The van der Waals surface area contributed by atoms with Gasteiger partial charge in [0.25, 0.3) is 0 Å². The monoisotopic (exact) mass is 416 g/mol. The first-order chi connectivity index (χ1) is 14.8. The van der Waals surface area contributed by atoms with Gasteiger partial charge in [0.2, 0.25) is 0 Å². The van der Waals surface area contributed by atoms with Crippen molar-refractivity contribution in [2.24, 2.45) is 5.92 Å². The minimum atomic E-state index is 0.876. The van der Waals surface area contributed by atoms with Crippen molar-refractivity contribution in [1.82, 2.24) is 10.6 Å². The average molecular weight is 417 g/mol. The highest BCUT2D eigenvalue weighted by Crippen LogP contribution is 2.18. The lowest BCUT2D eigenvalue weighted by atomic mass is 9.94. The van der Waals surface area contributed by atoms with Crippen molar-refractivity contribution in [2.75, 3.05) is 26.2 Å². The summed E-state index contributed by atoms with van der Waals surface area (Å²) in [5, 5.41) is 7.31. The molecule has 0 aliphatic rings. The lowest BCUT2D eigenvalue weighted by Gasteiger charge is -2.18. The van der Waals surface area contributed by atoms with Crippen molar-refractivity contribution in [3.8, 4) is 0 Å². The van der Waals surface area contributed by atoms with Crippen molar-refractivity contribution in [1.29, 1.82) is 0 Å². The zero-order chi connectivity index (χ0) is 21.7. The van der Waals surface area contributed by atoms with Crippen LogP contribution in [0.5, 0.6) is 0 Å². The molecule has 2 nitrogen and oxygen atoms in total. The quantitative estimate of drug-likeness (QED) is 0.205. The Morgan fingerprint density at radius 3 is 1.57 bits per heavy atom. The van der Waals surface area contributed by atoms with Crippen LogP contribution in [0.1, 0.15) is 109 Å². The number of benzene rings is 1. The molecule has 1 aromatic carbocycles. The van der Waals surface area contributed by atoms with Gasteiger partial charge >= 0.3 is 0 Å². The zero-order valence-electron chi connectivity index (χ0n) is 20.6. The first-order valence-corrected chi connectivity index (χ1v) is 13.3. The Kier molecular flexibility index (Phi) is 18.2. The second kappa shape index (κ2) is 20.1. The van der Waals surface area contributed by atoms with Crippen LogP contribution in [0.25, 0.3) is 0 Å². The summed E-state index contributed by atoms with van der Waals surface area (Å²) in [6.45, 7) is 11.4. The Morgan fingerprint density at radius 2 is 1.07 bits per heavy atom. The van der Waals surface area contributed by atoms with Gasteiger partial charge in [0.15, 0.2) is 0 Å². The van der Waals surface area contributed by atoms with E-state index in [2.05, 4.69) is 55.7 Å². The predicted octanol–water partition coefficient (Wildman–Crippen LogP) is 7.31. The second-order valence-electron chi connectivity index (χ2n) is 9.19. The molecule has 0 aliphatic carbocycles. The smallest absolute Gasteiger partial charge is 0.000824 e. The number of nitrogens with one attached hydrogen (secondary N) is 2. The van der Waals surface area contributed by atoms with Gasteiger partial charge in [0.05, 0.1) is 0 Å². The van der Waals surface area contributed by atoms with Crippen LogP contribution in [0.15, 0.2) is 24.3 Å². The third-order valence-electron chi connectivity index (χ3n) is 6.28. The minimum Gasteiger partial charge on any atom is -0.316 e. The maximum absolute atomic E-state index is 3.77. The number of hydrogen-bond donors (Lipinski definition) is 2. The van der Waals surface area contributed by atoms with Crippen molar-refractivity contribution in [3.05, 3.63) is 35.4 Å². The van der Waals surface area contributed by atoms with E-state index in [1.807, 2.05) is 0 Å². The second-order valence-corrected chi connectivity index (χ2v) is 9.19. The molecule has 1 rings (SSSR count). The Morgan fingerprint density at radius 1 is 0.567 bits per heavy atom. The van der Waals surface area contributed by atoms with Crippen LogP contribution in [-0.2, 0) is 12.8 Å². The highest BCUT2D eigenvalue weighted by molar-refractivity contribution is 5.23. The highest BCUT2D eigenvalue weighted by Gasteiger charge is 2.08. The summed E-state index contributed by atoms with van der Waals surface area (Å²) in [6.07, 6.45) is 18.8. The van der Waals surface area contributed by atoms with Gasteiger partial charge in [-0.25, -0.2) is 0 Å². The molecule has 0 saturated heterocycles. The summed E-state index contributed by atoms with van der Waals surface area (Å²) in [7, 11) is 0. The normalized spacial score (nSPS) is 11.5. The van der Waals surface area contributed by atoms with Crippen LogP contribution in [0.2, 0.25) is 0 Å². The molecule has 2 heteroatoms. The molecule has 0 atom stereocenters. The summed E-state index contributed by atoms with van der Waals surface area (Å²) in [5.74, 6) is 0.876. The van der Waals surface area contributed by atoms with Gasteiger partial charge in [-0.15, -0.1) is 0 Å². The largest absolute Gasteiger partial charge is 0.316 e. The molecule has 174 valence electrons. The molecule has 0 bridgehead atoms. The zero-order valence-corrected chi connectivity index (χ0v) is 20.6. The lowest BCUT2D eigenvalue weighted by Crippen LogP contribution is -2.25. The fourth-order valence-corrected chi connectivity index (χ4v) is 4.14. The first-order valence-electron chi connectivity index (χ1n) is 13.3. The van der Waals surface area contributed by atoms with Crippen molar-refractivity contribution in [3.63, 3.8) is 0 Å². The first kappa shape index (κ1) is 27.2. The summed E-state index contributed by atoms with van der Waals surface area (Å²) >= 11 is 0. The van der Waals surface area contributed by atoms with Gasteiger partial charge in [-0.05, 0) is 75.3 Å². The molecule has 0 aromatic heterocycles. The van der Waals surface area contributed by atoms with Crippen LogP contribution >= 0.6 is 0 Å². The summed E-state index contributed by atoms with van der Waals surface area (Å²) < 4.78 is 0. The summed E-state index contributed by atoms with van der Waals surface area (Å²) in [6, 6.07) is 9.30. The Hall–Kier alpha value is -0.860. The highest BCUT2D eigenvalue weighted by atomic mass is 14.9. The van der Waals surface area contributed by atoms with E-state index in [9.17, 15) is 0 Å². The standard InChI is InChI=1S/C28H52N2/c1-4-7-10-12-14-28(15-13-11-8-5-2)25-30-24-21-27-18-16-26(17-19-27)20-23-29-22-9-6-3/h16-19,28-30H,4-15,20-25H2,1-3H3. The molecule has 0 radical (unpaired) electrons. The average Bonchev–Trinajstić information content (AvgIpc) is 2.77. The number of unbranched alkanes of at least 4 members (excludes halogenated alkanes) is 7. The van der Waals surface area contributed by atoms with Gasteiger partial charge in [0, 0.05) is 0 Å². The maximum Gasteiger partial charge on any atom is -0.000824 e. The van der Waals surface area contributed by atoms with E-state index in [1.165, 1.54) is 94.7 Å². The van der Waals surface area contributed by atoms with E-state index in [4.69, 9.17) is 0 Å².